The van der Waals surface area contributed by atoms with Crippen molar-refractivity contribution in [1.82, 2.24) is 0 Å². The highest BCUT2D eigenvalue weighted by molar-refractivity contribution is 5.60. The first-order valence-corrected chi connectivity index (χ1v) is 11.7. The van der Waals surface area contributed by atoms with E-state index in [0.29, 0.717) is 26.2 Å². The third-order valence-corrected chi connectivity index (χ3v) is 6.07. The number of hydrogen-bond donors (Lipinski definition) is 2. The van der Waals surface area contributed by atoms with Crippen molar-refractivity contribution in [2.45, 2.75) is 26.9 Å². The van der Waals surface area contributed by atoms with Gasteiger partial charge in [0.1, 0.15) is 11.5 Å². The summed E-state index contributed by atoms with van der Waals surface area (Å²) < 4.78 is 0. The number of para-hydroxylation sites is 4. The molecule has 0 amide bonds. The molecular weight excluding hydrogens is 420 g/mol. The number of aromatic hydroxyl groups is 2. The van der Waals surface area contributed by atoms with Crippen LogP contribution in [-0.4, -0.2) is 23.3 Å². The molecule has 4 heteroatoms. The average Bonchev–Trinajstić information content (AvgIpc) is 2.84. The summed E-state index contributed by atoms with van der Waals surface area (Å²) in [5, 5.41) is 21.2. The van der Waals surface area contributed by atoms with E-state index in [4.69, 9.17) is 0 Å². The summed E-state index contributed by atoms with van der Waals surface area (Å²) >= 11 is 0. The predicted octanol–water partition coefficient (Wildman–Crippen LogP) is 6.43. The first-order chi connectivity index (χ1) is 16.5. The molecule has 0 saturated heterocycles. The predicted molar refractivity (Wildman–Crippen MR) is 141 cm³/mol. The Hall–Kier alpha value is -3.92. The van der Waals surface area contributed by atoms with Crippen LogP contribution in [0.25, 0.3) is 0 Å². The van der Waals surface area contributed by atoms with Gasteiger partial charge in [0.15, 0.2) is 0 Å². The molecule has 0 aliphatic heterocycles. The SMILES string of the molecule is Cc1ccc(CN(CCN(Cc2ccc(C)cc2)c2ccccc2O)c2ccccc2O)cc1. The van der Waals surface area contributed by atoms with E-state index in [9.17, 15) is 10.2 Å². The highest BCUT2D eigenvalue weighted by Crippen LogP contribution is 2.30. The Bertz CT molecular complexity index is 1110. The summed E-state index contributed by atoms with van der Waals surface area (Å²) in [6.45, 7) is 6.87. The first kappa shape index (κ1) is 23.2. The van der Waals surface area contributed by atoms with Crippen molar-refractivity contribution in [3.63, 3.8) is 0 Å². The molecule has 0 unspecified atom stereocenters. The summed E-state index contributed by atoms with van der Waals surface area (Å²) in [4.78, 5) is 4.39. The number of rotatable bonds is 9. The summed E-state index contributed by atoms with van der Waals surface area (Å²) in [5.74, 6) is 0.532. The summed E-state index contributed by atoms with van der Waals surface area (Å²) in [5.41, 5.74) is 6.41. The zero-order chi connectivity index (χ0) is 23.9. The van der Waals surface area contributed by atoms with E-state index in [2.05, 4.69) is 72.2 Å². The molecule has 34 heavy (non-hydrogen) atoms. The molecule has 0 bridgehead atoms. The van der Waals surface area contributed by atoms with Crippen molar-refractivity contribution in [2.75, 3.05) is 22.9 Å². The number of anilines is 2. The molecule has 4 aromatic rings. The maximum Gasteiger partial charge on any atom is 0.138 e. The second-order valence-corrected chi connectivity index (χ2v) is 8.79. The molecule has 4 aromatic carbocycles. The Labute approximate surface area is 202 Å². The maximum atomic E-state index is 10.6. The lowest BCUT2D eigenvalue weighted by atomic mass is 10.1. The van der Waals surface area contributed by atoms with Crippen molar-refractivity contribution < 1.29 is 10.2 Å². The van der Waals surface area contributed by atoms with Gasteiger partial charge in [-0.3, -0.25) is 0 Å². The van der Waals surface area contributed by atoms with E-state index < -0.39 is 0 Å². The van der Waals surface area contributed by atoms with Gasteiger partial charge in [0.05, 0.1) is 11.4 Å². The molecular formula is C30H32N2O2. The Morgan fingerprint density at radius 1 is 0.500 bits per heavy atom. The molecule has 174 valence electrons. The van der Waals surface area contributed by atoms with E-state index in [1.807, 2.05) is 36.4 Å². The number of hydrogen-bond acceptors (Lipinski definition) is 4. The van der Waals surface area contributed by atoms with Crippen LogP contribution in [0.4, 0.5) is 11.4 Å². The van der Waals surface area contributed by atoms with Crippen LogP contribution in [0.2, 0.25) is 0 Å². The first-order valence-electron chi connectivity index (χ1n) is 11.7. The van der Waals surface area contributed by atoms with Crippen molar-refractivity contribution in [3.8, 4) is 11.5 Å². The van der Waals surface area contributed by atoms with Crippen LogP contribution in [0.1, 0.15) is 22.3 Å². The van der Waals surface area contributed by atoms with Crippen molar-refractivity contribution in [2.24, 2.45) is 0 Å². The molecule has 0 aromatic heterocycles. The largest absolute Gasteiger partial charge is 0.506 e. The molecule has 0 spiro atoms. The smallest absolute Gasteiger partial charge is 0.138 e. The van der Waals surface area contributed by atoms with Gasteiger partial charge in [0, 0.05) is 26.2 Å². The van der Waals surface area contributed by atoms with E-state index in [0.717, 1.165) is 11.4 Å². The minimum absolute atomic E-state index is 0.266. The summed E-state index contributed by atoms with van der Waals surface area (Å²) in [6, 6.07) is 31.9. The van der Waals surface area contributed by atoms with Crippen LogP contribution in [0.15, 0.2) is 97.1 Å². The number of phenols is 2. The topological polar surface area (TPSA) is 46.9 Å². The van der Waals surface area contributed by atoms with E-state index in [-0.39, 0.29) is 11.5 Å². The van der Waals surface area contributed by atoms with Gasteiger partial charge >= 0.3 is 0 Å². The van der Waals surface area contributed by atoms with Crippen molar-refractivity contribution in [1.29, 1.82) is 0 Å². The van der Waals surface area contributed by atoms with E-state index >= 15 is 0 Å². The maximum absolute atomic E-state index is 10.6. The van der Waals surface area contributed by atoms with Crippen LogP contribution in [0.3, 0.4) is 0 Å². The highest BCUT2D eigenvalue weighted by atomic mass is 16.3. The number of aryl methyl sites for hydroxylation is 2. The van der Waals surface area contributed by atoms with Gasteiger partial charge in [0.2, 0.25) is 0 Å². The summed E-state index contributed by atoms with van der Waals surface area (Å²) in [6.07, 6.45) is 0. The second kappa shape index (κ2) is 10.8. The highest BCUT2D eigenvalue weighted by Gasteiger charge is 2.16. The van der Waals surface area contributed by atoms with Gasteiger partial charge in [0.25, 0.3) is 0 Å². The molecule has 4 nitrogen and oxygen atoms in total. The van der Waals surface area contributed by atoms with Gasteiger partial charge in [-0.2, -0.15) is 0 Å². The number of nitrogens with zero attached hydrogens (tertiary/aromatic N) is 2. The molecule has 2 N–H and O–H groups in total. The van der Waals surface area contributed by atoms with Crippen LogP contribution in [-0.2, 0) is 13.1 Å². The standard InChI is InChI=1S/C30H32N2O2/c1-23-11-15-25(16-12-23)21-31(27-7-3-5-9-29(27)33)19-20-32(28-8-4-6-10-30(28)34)22-26-17-13-24(2)14-18-26/h3-18,33-34H,19-22H2,1-2H3. The lowest BCUT2D eigenvalue weighted by Crippen LogP contribution is -2.35. The molecule has 4 rings (SSSR count). The average molecular weight is 453 g/mol. The van der Waals surface area contributed by atoms with Crippen molar-refractivity contribution >= 4 is 11.4 Å². The summed E-state index contributed by atoms with van der Waals surface area (Å²) in [7, 11) is 0. The third kappa shape index (κ3) is 5.90. The van der Waals surface area contributed by atoms with Crippen LogP contribution in [0.5, 0.6) is 11.5 Å². The molecule has 0 radical (unpaired) electrons. The van der Waals surface area contributed by atoms with Crippen molar-refractivity contribution in [3.05, 3.63) is 119 Å². The lowest BCUT2D eigenvalue weighted by Gasteiger charge is -2.31. The van der Waals surface area contributed by atoms with E-state index in [1.165, 1.54) is 22.3 Å². The van der Waals surface area contributed by atoms with Gasteiger partial charge in [-0.25, -0.2) is 0 Å². The second-order valence-electron chi connectivity index (χ2n) is 8.79. The van der Waals surface area contributed by atoms with Crippen LogP contribution >= 0.6 is 0 Å². The fourth-order valence-corrected chi connectivity index (χ4v) is 4.10. The van der Waals surface area contributed by atoms with Gasteiger partial charge in [-0.1, -0.05) is 83.9 Å². The number of benzene rings is 4. The Morgan fingerprint density at radius 3 is 1.21 bits per heavy atom. The zero-order valence-electron chi connectivity index (χ0n) is 19.9. The molecule has 0 heterocycles. The van der Waals surface area contributed by atoms with Crippen LogP contribution < -0.4 is 9.80 Å². The molecule has 0 aliphatic carbocycles. The molecule has 0 fully saturated rings. The normalized spacial score (nSPS) is 10.8. The quantitative estimate of drug-likeness (QED) is 0.307. The minimum atomic E-state index is 0.266. The zero-order valence-corrected chi connectivity index (χ0v) is 19.9. The minimum Gasteiger partial charge on any atom is -0.506 e. The monoisotopic (exact) mass is 452 g/mol. The Morgan fingerprint density at radius 2 is 0.853 bits per heavy atom. The van der Waals surface area contributed by atoms with Gasteiger partial charge < -0.3 is 20.0 Å². The molecule has 0 saturated carbocycles. The fraction of sp³-hybridized carbons (Fsp3) is 0.200. The number of phenolic OH excluding ortho intramolecular Hbond substituents is 2. The molecule has 0 atom stereocenters. The van der Waals surface area contributed by atoms with E-state index in [1.54, 1.807) is 12.1 Å². The lowest BCUT2D eigenvalue weighted by molar-refractivity contribution is 0.471. The van der Waals surface area contributed by atoms with Gasteiger partial charge in [-0.05, 0) is 49.2 Å². The van der Waals surface area contributed by atoms with Gasteiger partial charge in [-0.15, -0.1) is 0 Å². The Balaban J connectivity index is 1.60. The van der Waals surface area contributed by atoms with Crippen LogP contribution in [0, 0.1) is 13.8 Å². The fourth-order valence-electron chi connectivity index (χ4n) is 4.10. The third-order valence-electron chi connectivity index (χ3n) is 6.07. The Kier molecular flexibility index (Phi) is 7.38. The molecule has 0 aliphatic rings.